The molecule has 0 spiro atoms. The van der Waals surface area contributed by atoms with Crippen LogP contribution in [0.5, 0.6) is 5.88 Å². The maximum absolute atomic E-state index is 13.1. The number of ether oxygens (including phenoxy) is 1. The second kappa shape index (κ2) is 7.30. The van der Waals surface area contributed by atoms with E-state index in [1.165, 1.54) is 30.4 Å². The third-order valence-corrected chi connectivity index (χ3v) is 7.60. The van der Waals surface area contributed by atoms with Crippen LogP contribution in [0.4, 0.5) is 0 Å². The zero-order chi connectivity index (χ0) is 20.8. The fourth-order valence-electron chi connectivity index (χ4n) is 6.56. The minimum absolute atomic E-state index is 0.0825. The van der Waals surface area contributed by atoms with E-state index in [0.717, 1.165) is 30.5 Å². The first-order valence-electron chi connectivity index (χ1n) is 11.4. The van der Waals surface area contributed by atoms with Crippen molar-refractivity contribution in [2.45, 2.75) is 38.5 Å². The minimum Gasteiger partial charge on any atom is -0.405 e. The summed E-state index contributed by atoms with van der Waals surface area (Å²) in [6, 6.07) is 22.2. The van der Waals surface area contributed by atoms with Crippen molar-refractivity contribution < 1.29 is 9.53 Å². The Morgan fingerprint density at radius 3 is 1.87 bits per heavy atom. The van der Waals surface area contributed by atoms with Crippen LogP contribution < -0.4 is 4.74 Å². The Labute approximate surface area is 182 Å². The number of carbonyl (C=O) groups is 1. The highest BCUT2D eigenvalue weighted by Gasteiger charge is 2.55. The molecule has 4 saturated carbocycles. The summed E-state index contributed by atoms with van der Waals surface area (Å²) >= 11 is 0. The van der Waals surface area contributed by atoms with Crippen molar-refractivity contribution >= 4 is 5.97 Å². The van der Waals surface area contributed by atoms with E-state index < -0.39 is 0 Å². The lowest BCUT2D eigenvalue weighted by Gasteiger charge is -2.55. The molecule has 0 aliphatic heterocycles. The summed E-state index contributed by atoms with van der Waals surface area (Å²) in [6.45, 7) is 0. The summed E-state index contributed by atoms with van der Waals surface area (Å²) < 4.78 is 5.75. The first-order chi connectivity index (χ1) is 15.2. The van der Waals surface area contributed by atoms with Crippen LogP contribution in [0.25, 0.3) is 22.4 Å². The van der Waals surface area contributed by atoms with E-state index in [1.54, 1.807) is 6.07 Å². The predicted molar refractivity (Wildman–Crippen MR) is 119 cm³/mol. The zero-order valence-corrected chi connectivity index (χ0v) is 17.5. The second-order valence-electron chi connectivity index (χ2n) is 9.79. The summed E-state index contributed by atoms with van der Waals surface area (Å²) in [6.07, 6.45) is 6.92. The van der Waals surface area contributed by atoms with Crippen molar-refractivity contribution in [1.82, 2.24) is 10.2 Å². The zero-order valence-electron chi connectivity index (χ0n) is 17.5. The number of aromatic nitrogens is 2. The Bertz CT molecular complexity index is 1060. The summed E-state index contributed by atoms with van der Waals surface area (Å²) in [4.78, 5) is 13.1. The molecule has 0 N–H and O–H groups in total. The predicted octanol–water partition coefficient (Wildman–Crippen LogP) is 5.93. The lowest BCUT2D eigenvalue weighted by molar-refractivity contribution is -0.161. The van der Waals surface area contributed by atoms with Gasteiger partial charge < -0.3 is 4.74 Å². The van der Waals surface area contributed by atoms with Gasteiger partial charge in [-0.05, 0) is 73.5 Å². The molecule has 4 aliphatic rings. The molecule has 4 heteroatoms. The van der Waals surface area contributed by atoms with Crippen molar-refractivity contribution in [3.05, 3.63) is 66.7 Å². The average Bonchev–Trinajstić information content (AvgIpc) is 2.79. The highest BCUT2D eigenvalue weighted by molar-refractivity contribution is 5.79. The molecule has 0 saturated heterocycles. The molecule has 0 amide bonds. The molecule has 0 unspecified atom stereocenters. The molecule has 3 aromatic rings. The summed E-state index contributed by atoms with van der Waals surface area (Å²) in [7, 11) is 0. The molecule has 7 rings (SSSR count). The topological polar surface area (TPSA) is 52.1 Å². The van der Waals surface area contributed by atoms with Gasteiger partial charge in [-0.1, -0.05) is 54.6 Å². The van der Waals surface area contributed by atoms with Gasteiger partial charge in [0.25, 0.3) is 0 Å². The van der Waals surface area contributed by atoms with E-state index in [4.69, 9.17) is 4.74 Å². The number of carbonyl (C=O) groups excluding carboxylic acids is 1. The Kier molecular flexibility index (Phi) is 4.41. The highest BCUT2D eigenvalue weighted by Crippen LogP contribution is 2.60. The minimum atomic E-state index is -0.275. The summed E-state index contributed by atoms with van der Waals surface area (Å²) in [5.41, 5.74) is 3.84. The Morgan fingerprint density at radius 2 is 1.29 bits per heavy atom. The first-order valence-corrected chi connectivity index (χ1v) is 11.4. The molecule has 1 aromatic heterocycles. The van der Waals surface area contributed by atoms with Gasteiger partial charge in [0.15, 0.2) is 0 Å². The molecule has 4 nitrogen and oxygen atoms in total. The number of hydrogen-bond acceptors (Lipinski definition) is 4. The number of esters is 1. The standard InChI is InChI=1S/C27H26N2O2/c30-26(27-15-18-12-19(16-27)14-20(13-18)17-27)31-25-11-10-24(28-29-25)23-8-6-22(7-9-23)21-4-2-1-3-5-21/h1-11,18-20H,12-17H2. The van der Waals surface area contributed by atoms with Gasteiger partial charge in [0.1, 0.15) is 0 Å². The van der Waals surface area contributed by atoms with E-state index >= 15 is 0 Å². The van der Waals surface area contributed by atoms with Crippen LogP contribution in [0.15, 0.2) is 66.7 Å². The van der Waals surface area contributed by atoms with Crippen LogP contribution in [0.2, 0.25) is 0 Å². The maximum Gasteiger partial charge on any atom is 0.318 e. The molecule has 31 heavy (non-hydrogen) atoms. The monoisotopic (exact) mass is 410 g/mol. The van der Waals surface area contributed by atoms with E-state index in [9.17, 15) is 4.79 Å². The largest absolute Gasteiger partial charge is 0.405 e. The van der Waals surface area contributed by atoms with Crippen LogP contribution in [0, 0.1) is 23.2 Å². The van der Waals surface area contributed by atoms with E-state index in [1.807, 2.05) is 36.4 Å². The lowest BCUT2D eigenvalue weighted by Crippen LogP contribution is -2.51. The van der Waals surface area contributed by atoms with Crippen molar-refractivity contribution in [2.75, 3.05) is 0 Å². The SMILES string of the molecule is O=C(Oc1ccc(-c2ccc(-c3ccccc3)cc2)nn1)C12CC3CC(CC(C3)C1)C2. The fourth-order valence-corrected chi connectivity index (χ4v) is 6.56. The molecular weight excluding hydrogens is 384 g/mol. The van der Waals surface area contributed by atoms with E-state index in [-0.39, 0.29) is 11.4 Å². The van der Waals surface area contributed by atoms with Gasteiger partial charge in [0.2, 0.25) is 5.88 Å². The average molecular weight is 411 g/mol. The van der Waals surface area contributed by atoms with Crippen molar-refractivity contribution in [1.29, 1.82) is 0 Å². The van der Waals surface area contributed by atoms with Crippen LogP contribution >= 0.6 is 0 Å². The van der Waals surface area contributed by atoms with E-state index in [0.29, 0.717) is 23.6 Å². The molecule has 4 aliphatic carbocycles. The van der Waals surface area contributed by atoms with Gasteiger partial charge >= 0.3 is 5.97 Å². The van der Waals surface area contributed by atoms with Gasteiger partial charge in [-0.15, -0.1) is 10.2 Å². The van der Waals surface area contributed by atoms with Crippen LogP contribution in [0.1, 0.15) is 38.5 Å². The van der Waals surface area contributed by atoms with Gasteiger partial charge in [-0.2, -0.15) is 0 Å². The second-order valence-corrected chi connectivity index (χ2v) is 9.79. The smallest absolute Gasteiger partial charge is 0.318 e. The fraction of sp³-hybridized carbons (Fsp3) is 0.370. The highest BCUT2D eigenvalue weighted by atomic mass is 16.5. The van der Waals surface area contributed by atoms with Gasteiger partial charge in [0, 0.05) is 11.6 Å². The number of nitrogens with zero attached hydrogens (tertiary/aromatic N) is 2. The molecule has 1 heterocycles. The maximum atomic E-state index is 13.1. The van der Waals surface area contributed by atoms with Gasteiger partial charge in [0.05, 0.1) is 11.1 Å². The molecule has 4 fully saturated rings. The van der Waals surface area contributed by atoms with Crippen LogP contribution in [-0.2, 0) is 4.79 Å². The number of rotatable bonds is 4. The Morgan fingerprint density at radius 1 is 0.710 bits per heavy atom. The molecule has 0 atom stereocenters. The van der Waals surface area contributed by atoms with Crippen LogP contribution in [-0.4, -0.2) is 16.2 Å². The quantitative estimate of drug-likeness (QED) is 0.500. The Hall–Kier alpha value is -3.01. The molecular formula is C27H26N2O2. The molecule has 2 aromatic carbocycles. The Balaban J connectivity index is 1.16. The number of benzene rings is 2. The summed E-state index contributed by atoms with van der Waals surface area (Å²) in [5.74, 6) is 2.37. The van der Waals surface area contributed by atoms with Crippen LogP contribution in [0.3, 0.4) is 0 Å². The van der Waals surface area contributed by atoms with Crippen molar-refractivity contribution in [3.63, 3.8) is 0 Å². The van der Waals surface area contributed by atoms with Gasteiger partial charge in [-0.3, -0.25) is 4.79 Å². The molecule has 4 bridgehead atoms. The normalized spacial score (nSPS) is 28.5. The molecule has 0 radical (unpaired) electrons. The number of hydrogen-bond donors (Lipinski definition) is 0. The third-order valence-electron chi connectivity index (χ3n) is 7.60. The van der Waals surface area contributed by atoms with Crippen molar-refractivity contribution in [2.24, 2.45) is 23.2 Å². The summed E-state index contributed by atoms with van der Waals surface area (Å²) in [5, 5.41) is 8.53. The van der Waals surface area contributed by atoms with E-state index in [2.05, 4.69) is 34.5 Å². The molecule has 156 valence electrons. The van der Waals surface area contributed by atoms with Crippen molar-refractivity contribution in [3.8, 4) is 28.3 Å². The van der Waals surface area contributed by atoms with Gasteiger partial charge in [-0.25, -0.2) is 0 Å². The first kappa shape index (κ1) is 18.7. The third kappa shape index (κ3) is 3.44. The lowest BCUT2D eigenvalue weighted by atomic mass is 9.49.